The summed E-state index contributed by atoms with van der Waals surface area (Å²) < 4.78 is 4.79. The molecule has 0 radical (unpaired) electrons. The smallest absolute Gasteiger partial charge is 0.336 e. The van der Waals surface area contributed by atoms with Crippen LogP contribution in [0.4, 0.5) is 0 Å². The first-order chi connectivity index (χ1) is 9.88. The summed E-state index contributed by atoms with van der Waals surface area (Å²) in [6.45, 7) is 3.79. The van der Waals surface area contributed by atoms with Crippen LogP contribution in [0.25, 0.3) is 0 Å². The van der Waals surface area contributed by atoms with E-state index in [1.165, 1.54) is 7.11 Å². The number of carbonyl (C=O) groups excluding carboxylic acids is 1. The molecule has 3 N–H and O–H groups in total. The van der Waals surface area contributed by atoms with E-state index in [0.29, 0.717) is 17.5 Å². The summed E-state index contributed by atoms with van der Waals surface area (Å²) in [6, 6.07) is 3.40. The summed E-state index contributed by atoms with van der Waals surface area (Å²) >= 11 is 0. The summed E-state index contributed by atoms with van der Waals surface area (Å²) in [5.41, 5.74) is 1.33. The van der Waals surface area contributed by atoms with Gasteiger partial charge in [0.25, 0.3) is 5.91 Å². The number of carboxylic acid groups (broad SMARTS) is 1. The van der Waals surface area contributed by atoms with E-state index in [0.717, 1.165) is 0 Å². The zero-order valence-electron chi connectivity index (χ0n) is 12.5. The highest BCUT2D eigenvalue weighted by atomic mass is 16.5. The van der Waals surface area contributed by atoms with Gasteiger partial charge in [0.1, 0.15) is 0 Å². The zero-order chi connectivity index (χ0) is 16.0. The Kier molecular flexibility index (Phi) is 6.33. The number of aliphatic hydroxyl groups excluding tert-OH is 1. The van der Waals surface area contributed by atoms with E-state index >= 15 is 0 Å². The molecule has 0 saturated carbocycles. The number of aryl methyl sites for hydroxylation is 2. The fraction of sp³-hybridized carbons (Fsp3) is 0.467. The number of nitrogens with one attached hydrogen (secondary N) is 1. The van der Waals surface area contributed by atoms with Crippen LogP contribution in [0.15, 0.2) is 12.1 Å². The van der Waals surface area contributed by atoms with E-state index in [1.807, 2.05) is 0 Å². The van der Waals surface area contributed by atoms with Gasteiger partial charge in [0, 0.05) is 13.7 Å². The van der Waals surface area contributed by atoms with Crippen molar-refractivity contribution in [2.75, 3.05) is 20.3 Å². The Hall–Kier alpha value is -1.92. The van der Waals surface area contributed by atoms with Gasteiger partial charge in [-0.2, -0.15) is 0 Å². The first-order valence-corrected chi connectivity index (χ1v) is 6.67. The van der Waals surface area contributed by atoms with Gasteiger partial charge >= 0.3 is 5.97 Å². The molecular formula is C15H21NO5. The molecular weight excluding hydrogens is 274 g/mol. The van der Waals surface area contributed by atoms with Crippen LogP contribution in [0, 0.1) is 13.8 Å². The molecule has 1 aromatic carbocycles. The van der Waals surface area contributed by atoms with Gasteiger partial charge < -0.3 is 20.3 Å². The summed E-state index contributed by atoms with van der Waals surface area (Å²) in [5.74, 6) is -1.57. The van der Waals surface area contributed by atoms with Crippen molar-refractivity contribution in [2.45, 2.75) is 26.4 Å². The third-order valence-corrected chi connectivity index (χ3v) is 3.19. The highest BCUT2D eigenvalue weighted by molar-refractivity contribution is 6.06. The van der Waals surface area contributed by atoms with Crippen LogP contribution in [-0.2, 0) is 4.74 Å². The zero-order valence-corrected chi connectivity index (χ0v) is 12.5. The molecule has 6 heteroatoms. The lowest BCUT2D eigenvalue weighted by molar-refractivity contribution is 0.0586. The van der Waals surface area contributed by atoms with Crippen molar-refractivity contribution in [3.8, 4) is 0 Å². The van der Waals surface area contributed by atoms with E-state index in [2.05, 4.69) is 5.32 Å². The summed E-state index contributed by atoms with van der Waals surface area (Å²) in [5, 5.41) is 21.4. The molecule has 0 spiro atoms. The van der Waals surface area contributed by atoms with Gasteiger partial charge in [0.15, 0.2) is 0 Å². The lowest BCUT2D eigenvalue weighted by atomic mass is 9.96. The number of carbonyl (C=O) groups is 2. The van der Waals surface area contributed by atoms with Crippen LogP contribution in [-0.4, -0.2) is 48.5 Å². The second-order valence-corrected chi connectivity index (χ2v) is 4.91. The molecule has 6 nitrogen and oxygen atoms in total. The molecule has 0 aliphatic heterocycles. The minimum Gasteiger partial charge on any atom is -0.478 e. The van der Waals surface area contributed by atoms with Gasteiger partial charge in [0.2, 0.25) is 0 Å². The maximum absolute atomic E-state index is 12.2. The summed E-state index contributed by atoms with van der Waals surface area (Å²) in [6.07, 6.45) is -0.319. The Bertz CT molecular complexity index is 527. The fourth-order valence-corrected chi connectivity index (χ4v) is 2.10. The summed E-state index contributed by atoms with van der Waals surface area (Å²) in [7, 11) is 1.48. The van der Waals surface area contributed by atoms with E-state index in [-0.39, 0.29) is 24.3 Å². The average molecular weight is 295 g/mol. The van der Waals surface area contributed by atoms with Gasteiger partial charge in [-0.05, 0) is 31.4 Å². The Morgan fingerprint density at radius 1 is 1.24 bits per heavy atom. The highest BCUT2D eigenvalue weighted by Crippen LogP contribution is 2.18. The molecule has 21 heavy (non-hydrogen) atoms. The number of aliphatic hydroxyl groups is 1. The number of aromatic carboxylic acids is 1. The third kappa shape index (κ3) is 4.54. The van der Waals surface area contributed by atoms with Crippen molar-refractivity contribution in [2.24, 2.45) is 0 Å². The van der Waals surface area contributed by atoms with Crippen molar-refractivity contribution in [3.63, 3.8) is 0 Å². The minimum atomic E-state index is -1.12. The number of ether oxygens (including phenoxy) is 1. The van der Waals surface area contributed by atoms with Crippen LogP contribution < -0.4 is 5.32 Å². The molecule has 1 atom stereocenters. The topological polar surface area (TPSA) is 95.9 Å². The molecule has 1 unspecified atom stereocenters. The Morgan fingerprint density at radius 3 is 2.33 bits per heavy atom. The maximum atomic E-state index is 12.2. The lowest BCUT2D eigenvalue weighted by Crippen LogP contribution is -2.30. The van der Waals surface area contributed by atoms with E-state index in [4.69, 9.17) is 4.74 Å². The Labute approximate surface area is 123 Å². The number of hydrogen-bond acceptors (Lipinski definition) is 4. The van der Waals surface area contributed by atoms with Gasteiger partial charge in [-0.1, -0.05) is 12.1 Å². The lowest BCUT2D eigenvalue weighted by Gasteiger charge is -2.14. The number of benzene rings is 1. The normalized spacial score (nSPS) is 12.0. The second-order valence-electron chi connectivity index (χ2n) is 4.91. The van der Waals surface area contributed by atoms with Crippen LogP contribution in [0.5, 0.6) is 0 Å². The van der Waals surface area contributed by atoms with E-state index in [9.17, 15) is 19.8 Å². The van der Waals surface area contributed by atoms with Crippen molar-refractivity contribution in [3.05, 3.63) is 34.4 Å². The van der Waals surface area contributed by atoms with Crippen molar-refractivity contribution in [1.29, 1.82) is 0 Å². The van der Waals surface area contributed by atoms with Crippen molar-refractivity contribution < 1.29 is 24.5 Å². The minimum absolute atomic E-state index is 0.0185. The standard InChI is InChI=1S/C15H21NO5/c1-9-4-5-10(2)13(15(19)20)12(9)14(18)16-7-6-11(17)8-21-3/h4-5,11,17H,6-8H2,1-3H3,(H,16,18)(H,19,20). The third-order valence-electron chi connectivity index (χ3n) is 3.19. The Morgan fingerprint density at radius 2 is 1.81 bits per heavy atom. The molecule has 1 rings (SSSR count). The predicted molar refractivity (Wildman–Crippen MR) is 77.7 cm³/mol. The first kappa shape index (κ1) is 17.1. The summed E-state index contributed by atoms with van der Waals surface area (Å²) in [4.78, 5) is 23.5. The number of hydrogen-bond donors (Lipinski definition) is 3. The molecule has 0 saturated heterocycles. The van der Waals surface area contributed by atoms with Gasteiger partial charge in [-0.3, -0.25) is 4.79 Å². The van der Waals surface area contributed by atoms with E-state index in [1.54, 1.807) is 26.0 Å². The van der Waals surface area contributed by atoms with Gasteiger partial charge in [-0.15, -0.1) is 0 Å². The van der Waals surface area contributed by atoms with Crippen LogP contribution in [0.1, 0.15) is 38.3 Å². The number of carboxylic acids is 1. The monoisotopic (exact) mass is 295 g/mol. The second kappa shape index (κ2) is 7.75. The molecule has 116 valence electrons. The molecule has 0 heterocycles. The maximum Gasteiger partial charge on any atom is 0.336 e. The molecule has 0 fully saturated rings. The highest BCUT2D eigenvalue weighted by Gasteiger charge is 2.21. The molecule has 1 aromatic rings. The van der Waals surface area contributed by atoms with Gasteiger partial charge in [0.05, 0.1) is 23.8 Å². The van der Waals surface area contributed by atoms with E-state index < -0.39 is 18.0 Å². The van der Waals surface area contributed by atoms with Crippen LogP contribution in [0.3, 0.4) is 0 Å². The largest absolute Gasteiger partial charge is 0.478 e. The molecule has 0 aliphatic carbocycles. The quantitative estimate of drug-likeness (QED) is 0.701. The number of amides is 1. The fourth-order valence-electron chi connectivity index (χ4n) is 2.10. The molecule has 0 aliphatic rings. The molecule has 0 aromatic heterocycles. The SMILES string of the molecule is COCC(O)CCNC(=O)c1c(C)ccc(C)c1C(=O)O. The van der Waals surface area contributed by atoms with Gasteiger partial charge in [-0.25, -0.2) is 4.79 Å². The molecule has 0 bridgehead atoms. The average Bonchev–Trinajstić information content (AvgIpc) is 2.40. The molecule has 1 amide bonds. The van der Waals surface area contributed by atoms with Crippen molar-refractivity contribution >= 4 is 11.9 Å². The van der Waals surface area contributed by atoms with Crippen LogP contribution in [0.2, 0.25) is 0 Å². The number of methoxy groups -OCH3 is 1. The number of rotatable bonds is 7. The predicted octanol–water partition coefficient (Wildman–Crippen LogP) is 1.13. The van der Waals surface area contributed by atoms with Crippen LogP contribution >= 0.6 is 0 Å². The first-order valence-electron chi connectivity index (χ1n) is 6.67. The van der Waals surface area contributed by atoms with Crippen molar-refractivity contribution in [1.82, 2.24) is 5.32 Å². The Balaban J connectivity index is 2.83.